The highest BCUT2D eigenvalue weighted by atomic mass is 15.1. The smallest absolute Gasteiger partial charge is 0.0562 e. The Hall–Kier alpha value is -1.35. The average Bonchev–Trinajstić information content (AvgIpc) is 2.38. The third-order valence-corrected chi connectivity index (χ3v) is 2.78. The fraction of sp³-hybridized carbons (Fsp3) is 0.462. The van der Waals surface area contributed by atoms with Gasteiger partial charge in [0, 0.05) is 31.5 Å². The molecule has 2 rings (SSSR count). The largest absolute Gasteiger partial charge is 0.367 e. The number of nitrogens with zero attached hydrogens (tertiary/aromatic N) is 2. The van der Waals surface area contributed by atoms with Crippen LogP contribution >= 0.6 is 0 Å². The summed E-state index contributed by atoms with van der Waals surface area (Å²) in [5, 5.41) is 3.30. The molecule has 0 radical (unpaired) electrons. The molecule has 1 aromatic rings. The Morgan fingerprint density at radius 1 is 1.44 bits per heavy atom. The summed E-state index contributed by atoms with van der Waals surface area (Å²) in [7, 11) is 0. The molecule has 0 fully saturated rings. The van der Waals surface area contributed by atoms with Crippen LogP contribution in [0, 0.1) is 0 Å². The molecule has 0 saturated heterocycles. The van der Waals surface area contributed by atoms with Gasteiger partial charge in [-0.05, 0) is 25.1 Å². The zero-order valence-corrected chi connectivity index (χ0v) is 9.82. The number of rotatable bonds is 4. The maximum Gasteiger partial charge on any atom is 0.0562 e. The number of pyridine rings is 1. The first-order valence-corrected chi connectivity index (χ1v) is 5.95. The number of nitrogens with one attached hydrogen (secondary N) is 1. The molecule has 1 N–H and O–H groups in total. The van der Waals surface area contributed by atoms with Gasteiger partial charge >= 0.3 is 0 Å². The minimum atomic E-state index is 0.855. The van der Waals surface area contributed by atoms with E-state index in [2.05, 4.69) is 46.4 Å². The molecule has 86 valence electrons. The molecule has 0 unspecified atom stereocenters. The van der Waals surface area contributed by atoms with Crippen LogP contribution in [0.15, 0.2) is 30.5 Å². The Labute approximate surface area is 97.2 Å². The van der Waals surface area contributed by atoms with Crippen LogP contribution in [0.25, 0.3) is 0 Å². The van der Waals surface area contributed by atoms with Crippen molar-refractivity contribution in [3.63, 3.8) is 0 Å². The summed E-state index contributed by atoms with van der Waals surface area (Å²) in [5.74, 6) is 0. The predicted octanol–water partition coefficient (Wildman–Crippen LogP) is 1.96. The van der Waals surface area contributed by atoms with E-state index in [1.165, 1.54) is 5.69 Å². The molecular formula is C13H19N3. The second-order valence-electron chi connectivity index (χ2n) is 3.99. The Kier molecular flexibility index (Phi) is 3.94. The van der Waals surface area contributed by atoms with E-state index in [1.54, 1.807) is 0 Å². The summed E-state index contributed by atoms with van der Waals surface area (Å²) < 4.78 is 0. The van der Waals surface area contributed by atoms with E-state index >= 15 is 0 Å². The highest BCUT2D eigenvalue weighted by Gasteiger charge is 2.07. The van der Waals surface area contributed by atoms with Crippen LogP contribution in [0.4, 0.5) is 5.69 Å². The van der Waals surface area contributed by atoms with Gasteiger partial charge in [0.1, 0.15) is 0 Å². The van der Waals surface area contributed by atoms with Crippen molar-refractivity contribution in [2.45, 2.75) is 19.9 Å². The van der Waals surface area contributed by atoms with Gasteiger partial charge in [-0.3, -0.25) is 4.98 Å². The van der Waals surface area contributed by atoms with Crippen molar-refractivity contribution in [2.24, 2.45) is 0 Å². The Morgan fingerprint density at radius 3 is 3.12 bits per heavy atom. The van der Waals surface area contributed by atoms with Crippen LogP contribution in [0.2, 0.25) is 0 Å². The minimum absolute atomic E-state index is 0.855. The van der Waals surface area contributed by atoms with Crippen molar-refractivity contribution in [3.8, 4) is 0 Å². The average molecular weight is 217 g/mol. The quantitative estimate of drug-likeness (QED) is 0.781. The summed E-state index contributed by atoms with van der Waals surface area (Å²) in [6.45, 7) is 6.08. The monoisotopic (exact) mass is 217 g/mol. The van der Waals surface area contributed by atoms with E-state index in [0.717, 1.165) is 38.3 Å². The molecule has 1 aliphatic rings. The number of aromatic nitrogens is 1. The first kappa shape index (κ1) is 11.1. The van der Waals surface area contributed by atoms with E-state index in [4.69, 9.17) is 0 Å². The molecule has 16 heavy (non-hydrogen) atoms. The van der Waals surface area contributed by atoms with Gasteiger partial charge in [0.15, 0.2) is 0 Å². The molecule has 0 amide bonds. The molecule has 0 bridgehead atoms. The molecule has 1 aromatic heterocycles. The fourth-order valence-corrected chi connectivity index (χ4v) is 1.89. The normalized spacial score (nSPS) is 15.4. The van der Waals surface area contributed by atoms with Crippen LogP contribution in [0.1, 0.15) is 19.0 Å². The summed E-state index contributed by atoms with van der Waals surface area (Å²) in [4.78, 5) is 6.75. The Morgan fingerprint density at radius 2 is 2.38 bits per heavy atom. The zero-order chi connectivity index (χ0) is 11.2. The molecule has 1 aliphatic heterocycles. The van der Waals surface area contributed by atoms with Gasteiger partial charge in [0.2, 0.25) is 0 Å². The van der Waals surface area contributed by atoms with E-state index < -0.39 is 0 Å². The molecule has 3 heteroatoms. The molecule has 0 spiro atoms. The van der Waals surface area contributed by atoms with Crippen LogP contribution < -0.4 is 10.2 Å². The van der Waals surface area contributed by atoms with E-state index in [-0.39, 0.29) is 0 Å². The van der Waals surface area contributed by atoms with Crippen molar-refractivity contribution < 1.29 is 0 Å². The Balaban J connectivity index is 2.05. The maximum absolute atomic E-state index is 4.36. The molecule has 3 nitrogen and oxygen atoms in total. The lowest BCUT2D eigenvalue weighted by Gasteiger charge is -2.25. The Bertz CT molecular complexity index is 360. The topological polar surface area (TPSA) is 28.2 Å². The van der Waals surface area contributed by atoms with Crippen LogP contribution in [-0.2, 0) is 6.54 Å². The highest BCUT2D eigenvalue weighted by molar-refractivity contribution is 5.47. The molecule has 0 saturated carbocycles. The highest BCUT2D eigenvalue weighted by Crippen LogP contribution is 2.17. The molecule has 0 aromatic carbocycles. The second-order valence-corrected chi connectivity index (χ2v) is 3.99. The number of anilines is 1. The van der Waals surface area contributed by atoms with Gasteiger partial charge in [-0.25, -0.2) is 0 Å². The third kappa shape index (κ3) is 2.83. The van der Waals surface area contributed by atoms with Gasteiger partial charge in [0.05, 0.1) is 5.69 Å². The summed E-state index contributed by atoms with van der Waals surface area (Å²) in [6.07, 6.45) is 7.52. The van der Waals surface area contributed by atoms with Crippen molar-refractivity contribution >= 4 is 5.69 Å². The van der Waals surface area contributed by atoms with Gasteiger partial charge in [0.25, 0.3) is 0 Å². The van der Waals surface area contributed by atoms with E-state index in [0.29, 0.717) is 0 Å². The molecule has 0 atom stereocenters. The first-order valence-electron chi connectivity index (χ1n) is 5.95. The minimum Gasteiger partial charge on any atom is -0.367 e. The van der Waals surface area contributed by atoms with Gasteiger partial charge < -0.3 is 10.2 Å². The van der Waals surface area contributed by atoms with Gasteiger partial charge in [-0.2, -0.15) is 0 Å². The van der Waals surface area contributed by atoms with Crippen LogP contribution in [-0.4, -0.2) is 24.6 Å². The van der Waals surface area contributed by atoms with Crippen molar-refractivity contribution in [1.82, 2.24) is 10.3 Å². The third-order valence-electron chi connectivity index (χ3n) is 2.78. The van der Waals surface area contributed by atoms with Crippen molar-refractivity contribution in [2.75, 3.05) is 24.5 Å². The number of hydrogen-bond donors (Lipinski definition) is 1. The fourth-order valence-electron chi connectivity index (χ4n) is 1.89. The van der Waals surface area contributed by atoms with Crippen LogP contribution in [0.3, 0.4) is 0 Å². The first-order chi connectivity index (χ1) is 7.90. The van der Waals surface area contributed by atoms with Crippen LogP contribution in [0.5, 0.6) is 0 Å². The lowest BCUT2D eigenvalue weighted by molar-refractivity contribution is 0.709. The van der Waals surface area contributed by atoms with E-state index in [1.807, 2.05) is 6.20 Å². The predicted molar refractivity (Wildman–Crippen MR) is 67.6 cm³/mol. The van der Waals surface area contributed by atoms with E-state index in [9.17, 15) is 0 Å². The molecule has 2 heterocycles. The van der Waals surface area contributed by atoms with Gasteiger partial charge in [-0.1, -0.05) is 19.1 Å². The molecule has 0 aliphatic carbocycles. The summed E-state index contributed by atoms with van der Waals surface area (Å²) in [6, 6.07) is 4.27. The zero-order valence-electron chi connectivity index (χ0n) is 9.82. The van der Waals surface area contributed by atoms with Crippen molar-refractivity contribution in [3.05, 3.63) is 36.2 Å². The standard InChI is InChI=1S/C13H19N3/c1-2-14-11-12-10-13(6-7-15-12)16-8-4-3-5-9-16/h3-4,6-7,10,14H,2,5,8-9,11H2,1H3. The maximum atomic E-state index is 4.36. The lowest BCUT2D eigenvalue weighted by atomic mass is 10.2. The van der Waals surface area contributed by atoms with Gasteiger partial charge in [-0.15, -0.1) is 0 Å². The lowest BCUT2D eigenvalue weighted by Crippen LogP contribution is -2.27. The second kappa shape index (κ2) is 5.66. The number of hydrogen-bond acceptors (Lipinski definition) is 3. The van der Waals surface area contributed by atoms with Crippen molar-refractivity contribution in [1.29, 1.82) is 0 Å². The molecular weight excluding hydrogens is 198 g/mol. The summed E-state index contributed by atoms with van der Waals surface area (Å²) >= 11 is 0. The summed E-state index contributed by atoms with van der Waals surface area (Å²) in [5.41, 5.74) is 2.40. The SMILES string of the molecule is CCNCc1cc(N2CC=CCC2)ccn1.